The first-order valence-corrected chi connectivity index (χ1v) is 6.25. The average molecular weight is 220 g/mol. The smallest absolute Gasteiger partial charge is 0.0693 e. The summed E-state index contributed by atoms with van der Waals surface area (Å²) in [6, 6.07) is 6.14. The molecule has 0 N–H and O–H groups in total. The fourth-order valence-corrected chi connectivity index (χ4v) is 1.51. The molecule has 16 heavy (non-hydrogen) atoms. The fourth-order valence-electron chi connectivity index (χ4n) is 1.51. The molecule has 0 aliphatic rings. The zero-order valence-electron chi connectivity index (χ0n) is 11.4. The zero-order valence-corrected chi connectivity index (χ0v) is 11.4. The Balaban J connectivity index is 0.000000509. The molecule has 0 aliphatic heterocycles. The largest absolute Gasteiger partial charge is 0.240 e. The monoisotopic (exact) mass is 220 g/mol. The van der Waals surface area contributed by atoms with Crippen LogP contribution in [0.15, 0.2) is 24.4 Å². The van der Waals surface area contributed by atoms with Crippen LogP contribution in [0.5, 0.6) is 0 Å². The minimum atomic E-state index is 1.01. The van der Waals surface area contributed by atoms with Gasteiger partial charge in [-0.25, -0.2) is 4.52 Å². The van der Waals surface area contributed by atoms with E-state index < -0.39 is 0 Å². The number of aromatic nitrogens is 2. The van der Waals surface area contributed by atoms with Gasteiger partial charge in [0, 0.05) is 6.20 Å². The maximum Gasteiger partial charge on any atom is 0.0693 e. The molecule has 0 saturated heterocycles. The van der Waals surface area contributed by atoms with Crippen molar-refractivity contribution in [3.63, 3.8) is 0 Å². The zero-order chi connectivity index (χ0) is 12.6. The van der Waals surface area contributed by atoms with Gasteiger partial charge in [0.25, 0.3) is 0 Å². The molecule has 0 aliphatic carbocycles. The molecule has 2 aromatic rings. The van der Waals surface area contributed by atoms with Crippen molar-refractivity contribution in [2.24, 2.45) is 0 Å². The number of hydrogen-bond donors (Lipinski definition) is 0. The van der Waals surface area contributed by atoms with Crippen molar-refractivity contribution in [1.82, 2.24) is 9.61 Å². The molecule has 2 rings (SSSR count). The number of aryl methyl sites for hydroxylation is 2. The maximum atomic E-state index is 4.45. The molecule has 2 aromatic heterocycles. The van der Waals surface area contributed by atoms with Crippen molar-refractivity contribution in [2.75, 3.05) is 0 Å². The second-order valence-electron chi connectivity index (χ2n) is 2.96. The Morgan fingerprint density at radius 1 is 1.12 bits per heavy atom. The highest BCUT2D eigenvalue weighted by Crippen LogP contribution is 2.13. The molecular weight excluding hydrogens is 196 g/mol. The highest BCUT2D eigenvalue weighted by molar-refractivity contribution is 5.55. The number of pyridine rings is 1. The van der Waals surface area contributed by atoms with E-state index in [4.69, 9.17) is 0 Å². The topological polar surface area (TPSA) is 17.3 Å². The number of hydrogen-bond acceptors (Lipinski definition) is 1. The highest BCUT2D eigenvalue weighted by Gasteiger charge is 2.04. The third-order valence-corrected chi connectivity index (χ3v) is 2.22. The van der Waals surface area contributed by atoms with Gasteiger partial charge >= 0.3 is 0 Å². The van der Waals surface area contributed by atoms with E-state index in [9.17, 15) is 0 Å². The molecule has 2 heterocycles. The van der Waals surface area contributed by atoms with Crippen LogP contribution in [0.1, 0.15) is 45.9 Å². The van der Waals surface area contributed by atoms with Crippen molar-refractivity contribution in [1.29, 1.82) is 0 Å². The Hall–Kier alpha value is -1.31. The van der Waals surface area contributed by atoms with Crippen molar-refractivity contribution < 1.29 is 0 Å². The molecular formula is C14H24N2. The summed E-state index contributed by atoms with van der Waals surface area (Å²) < 4.78 is 1.94. The predicted molar refractivity (Wildman–Crippen MR) is 72.0 cm³/mol. The minimum Gasteiger partial charge on any atom is -0.240 e. The first kappa shape index (κ1) is 14.7. The summed E-state index contributed by atoms with van der Waals surface area (Å²) in [6.07, 6.45) is 3.00. The third kappa shape index (κ3) is 3.09. The van der Waals surface area contributed by atoms with Crippen molar-refractivity contribution >= 4 is 5.52 Å². The Labute approximate surface area is 99.3 Å². The molecule has 0 radical (unpaired) electrons. The van der Waals surface area contributed by atoms with E-state index in [1.54, 1.807) is 0 Å². The van der Waals surface area contributed by atoms with E-state index in [1.165, 1.54) is 16.8 Å². The molecule has 0 spiro atoms. The van der Waals surface area contributed by atoms with Gasteiger partial charge in [0.2, 0.25) is 0 Å². The van der Waals surface area contributed by atoms with E-state index in [-0.39, 0.29) is 0 Å². The Morgan fingerprint density at radius 2 is 1.75 bits per heavy atom. The van der Waals surface area contributed by atoms with Gasteiger partial charge < -0.3 is 0 Å². The first-order chi connectivity index (χ1) is 7.83. The Bertz CT molecular complexity index is 402. The van der Waals surface area contributed by atoms with Crippen LogP contribution < -0.4 is 0 Å². The summed E-state index contributed by atoms with van der Waals surface area (Å²) in [5.74, 6) is 0. The van der Waals surface area contributed by atoms with Gasteiger partial charge in [-0.1, -0.05) is 40.7 Å². The average Bonchev–Trinajstić information content (AvgIpc) is 2.72. The maximum absolute atomic E-state index is 4.45. The third-order valence-electron chi connectivity index (χ3n) is 2.22. The molecule has 0 amide bonds. The first-order valence-electron chi connectivity index (χ1n) is 6.25. The lowest BCUT2D eigenvalue weighted by molar-refractivity contribution is 0.895. The molecule has 2 heteroatoms. The number of nitrogens with zero attached hydrogens (tertiary/aromatic N) is 2. The van der Waals surface area contributed by atoms with E-state index in [0.29, 0.717) is 0 Å². The van der Waals surface area contributed by atoms with E-state index in [0.717, 1.165) is 6.42 Å². The molecule has 0 atom stereocenters. The summed E-state index contributed by atoms with van der Waals surface area (Å²) in [5, 5.41) is 4.45. The summed E-state index contributed by atoms with van der Waals surface area (Å²) >= 11 is 0. The molecule has 0 unspecified atom stereocenters. The van der Waals surface area contributed by atoms with Crippen LogP contribution in [0.4, 0.5) is 0 Å². The molecule has 0 saturated carbocycles. The van der Waals surface area contributed by atoms with Gasteiger partial charge in [0.15, 0.2) is 0 Å². The van der Waals surface area contributed by atoms with Gasteiger partial charge in [-0.15, -0.1) is 0 Å². The van der Waals surface area contributed by atoms with Crippen molar-refractivity contribution in [2.45, 2.75) is 48.0 Å². The van der Waals surface area contributed by atoms with E-state index >= 15 is 0 Å². The quantitative estimate of drug-likeness (QED) is 0.702. The van der Waals surface area contributed by atoms with Gasteiger partial charge in [-0.2, -0.15) is 5.10 Å². The summed E-state index contributed by atoms with van der Waals surface area (Å²) in [4.78, 5) is 0. The summed E-state index contributed by atoms with van der Waals surface area (Å²) in [5.41, 5.74) is 3.72. The fraction of sp³-hybridized carbons (Fsp3) is 0.500. The van der Waals surface area contributed by atoms with Gasteiger partial charge in [-0.3, -0.25) is 0 Å². The lowest BCUT2D eigenvalue weighted by Crippen LogP contribution is -1.85. The summed E-state index contributed by atoms with van der Waals surface area (Å²) in [6.45, 7) is 12.3. The van der Waals surface area contributed by atoms with Crippen LogP contribution in [-0.4, -0.2) is 9.61 Å². The van der Waals surface area contributed by atoms with Crippen molar-refractivity contribution in [3.05, 3.63) is 35.7 Å². The van der Waals surface area contributed by atoms with Gasteiger partial charge in [0.05, 0.1) is 11.2 Å². The standard InChI is InChI=1S/C10H12N2.2C2H6/c1-3-9-8(2)10-6-4-5-7-12(10)11-9;2*1-2/h4-7H,3H2,1-2H3;2*1-2H3. The molecule has 0 bridgehead atoms. The van der Waals surface area contributed by atoms with Gasteiger partial charge in [-0.05, 0) is 31.0 Å². The Morgan fingerprint density at radius 3 is 2.25 bits per heavy atom. The second kappa shape index (κ2) is 7.91. The lowest BCUT2D eigenvalue weighted by atomic mass is 10.2. The molecule has 0 aromatic carbocycles. The highest BCUT2D eigenvalue weighted by atomic mass is 15.2. The van der Waals surface area contributed by atoms with Gasteiger partial charge in [0.1, 0.15) is 0 Å². The number of rotatable bonds is 1. The molecule has 90 valence electrons. The predicted octanol–water partition coefficient (Wildman–Crippen LogP) is 4.26. The summed E-state index contributed by atoms with van der Waals surface area (Å²) in [7, 11) is 0. The Kier molecular flexibility index (Phi) is 7.27. The number of fused-ring (bicyclic) bond motifs is 1. The van der Waals surface area contributed by atoms with Crippen LogP contribution in [0.3, 0.4) is 0 Å². The van der Waals surface area contributed by atoms with E-state index in [1.807, 2.05) is 50.5 Å². The molecule has 0 fully saturated rings. The minimum absolute atomic E-state index is 1.01. The normalized spacial score (nSPS) is 8.88. The lowest BCUT2D eigenvalue weighted by Gasteiger charge is -1.90. The molecule has 2 nitrogen and oxygen atoms in total. The van der Waals surface area contributed by atoms with E-state index in [2.05, 4.69) is 25.0 Å². The van der Waals surface area contributed by atoms with Crippen LogP contribution >= 0.6 is 0 Å². The second-order valence-corrected chi connectivity index (χ2v) is 2.96. The van der Waals surface area contributed by atoms with Crippen molar-refractivity contribution in [3.8, 4) is 0 Å². The van der Waals surface area contributed by atoms with Crippen LogP contribution in [0, 0.1) is 6.92 Å². The van der Waals surface area contributed by atoms with Crippen LogP contribution in [0.25, 0.3) is 5.52 Å². The SMILES string of the molecule is CC.CC.CCc1nn2ccccc2c1C. The van der Waals surface area contributed by atoms with Crippen LogP contribution in [0.2, 0.25) is 0 Å². The van der Waals surface area contributed by atoms with Crippen LogP contribution in [-0.2, 0) is 6.42 Å².